The Morgan fingerprint density at radius 1 is 1.15 bits per heavy atom. The molecule has 0 spiro atoms. The number of hydrogen-bond donors (Lipinski definition) is 0. The van der Waals surface area contributed by atoms with Crippen molar-refractivity contribution in [3.8, 4) is 17.3 Å². The highest BCUT2D eigenvalue weighted by molar-refractivity contribution is 5.52. The maximum absolute atomic E-state index is 13.5. The second-order valence-electron chi connectivity index (χ2n) is 6.08. The van der Waals surface area contributed by atoms with E-state index in [9.17, 15) is 4.39 Å². The van der Waals surface area contributed by atoms with Gasteiger partial charge in [0.15, 0.2) is 5.82 Å². The van der Waals surface area contributed by atoms with Crippen LogP contribution in [0.5, 0.6) is 5.88 Å². The van der Waals surface area contributed by atoms with Gasteiger partial charge in [0.05, 0.1) is 24.6 Å². The second kappa shape index (κ2) is 7.09. The lowest BCUT2D eigenvalue weighted by Crippen LogP contribution is -2.31. The average Bonchev–Trinajstić information content (AvgIpc) is 2.68. The molecule has 0 saturated carbocycles. The van der Waals surface area contributed by atoms with Gasteiger partial charge in [0.2, 0.25) is 5.88 Å². The van der Waals surface area contributed by atoms with E-state index < -0.39 is 0 Å². The molecule has 1 aliphatic rings. The minimum Gasteiger partial charge on any atom is -0.481 e. The molecule has 0 bridgehead atoms. The van der Waals surface area contributed by atoms with Gasteiger partial charge in [-0.25, -0.2) is 29.3 Å². The molecule has 0 radical (unpaired) electrons. The van der Waals surface area contributed by atoms with Crippen LogP contribution in [0.2, 0.25) is 0 Å². The highest BCUT2D eigenvalue weighted by Gasteiger charge is 2.20. The number of hydrogen-bond acceptors (Lipinski definition) is 7. The number of aromatic nitrogens is 5. The lowest BCUT2D eigenvalue weighted by molar-refractivity contribution is 0.237. The molecular weight excluding hydrogens is 335 g/mol. The normalized spacial score (nSPS) is 14.1. The Morgan fingerprint density at radius 2 is 2.00 bits per heavy atom. The van der Waals surface area contributed by atoms with Crippen molar-refractivity contribution in [1.82, 2.24) is 29.8 Å². The first-order chi connectivity index (χ1) is 12.7. The van der Waals surface area contributed by atoms with Gasteiger partial charge in [-0.2, -0.15) is 0 Å². The number of halogens is 1. The van der Waals surface area contributed by atoms with Crippen molar-refractivity contribution in [1.29, 1.82) is 0 Å². The summed E-state index contributed by atoms with van der Waals surface area (Å²) >= 11 is 0. The Labute approximate surface area is 150 Å². The molecule has 0 fully saturated rings. The van der Waals surface area contributed by atoms with Crippen LogP contribution in [0.1, 0.15) is 16.8 Å². The summed E-state index contributed by atoms with van der Waals surface area (Å²) in [6.45, 7) is 2.07. The summed E-state index contributed by atoms with van der Waals surface area (Å²) in [5.41, 5.74) is 3.63. The maximum atomic E-state index is 13.5. The minimum absolute atomic E-state index is 0.365. The Bertz CT molecular complexity index is 921. The molecule has 0 N–H and O–H groups in total. The Kier molecular flexibility index (Phi) is 4.49. The fourth-order valence-electron chi connectivity index (χ4n) is 3.07. The molecule has 0 atom stereocenters. The summed E-state index contributed by atoms with van der Waals surface area (Å²) in [6, 6.07) is 1.47. The highest BCUT2D eigenvalue weighted by Crippen LogP contribution is 2.24. The van der Waals surface area contributed by atoms with E-state index in [0.717, 1.165) is 41.5 Å². The van der Waals surface area contributed by atoms with Crippen molar-refractivity contribution in [3.05, 3.63) is 59.8 Å². The predicted octanol–water partition coefficient (Wildman–Crippen LogP) is 2.03. The number of ether oxygens (including phenoxy) is 1. The van der Waals surface area contributed by atoms with Gasteiger partial charge in [-0.3, -0.25) is 4.90 Å². The zero-order chi connectivity index (χ0) is 17.9. The van der Waals surface area contributed by atoms with Crippen LogP contribution in [-0.2, 0) is 19.5 Å². The largest absolute Gasteiger partial charge is 0.481 e. The predicted molar refractivity (Wildman–Crippen MR) is 91.6 cm³/mol. The molecule has 3 aromatic rings. The van der Waals surface area contributed by atoms with Crippen molar-refractivity contribution < 1.29 is 9.13 Å². The number of nitrogens with zero attached hydrogens (tertiary/aromatic N) is 6. The summed E-state index contributed by atoms with van der Waals surface area (Å²) in [6.07, 6.45) is 8.69. The molecule has 4 heterocycles. The number of rotatable bonds is 4. The molecule has 1 aliphatic heterocycles. The molecule has 3 aromatic heterocycles. The molecule has 0 amide bonds. The summed E-state index contributed by atoms with van der Waals surface area (Å²) in [5.74, 6) is 0.720. The van der Waals surface area contributed by atoms with Crippen LogP contribution in [0.25, 0.3) is 11.4 Å². The Balaban J connectivity index is 1.53. The van der Waals surface area contributed by atoms with E-state index in [4.69, 9.17) is 4.74 Å². The topological polar surface area (TPSA) is 76.9 Å². The fraction of sp³-hybridized carbons (Fsp3) is 0.278. The SMILES string of the molecule is COc1ncc(F)cc1CN1CCc2nc(-c3cncnc3)ncc2C1. The van der Waals surface area contributed by atoms with Gasteiger partial charge in [-0.15, -0.1) is 0 Å². The van der Waals surface area contributed by atoms with E-state index in [1.807, 2.05) is 6.20 Å². The summed E-state index contributed by atoms with van der Waals surface area (Å²) in [7, 11) is 1.54. The van der Waals surface area contributed by atoms with E-state index in [1.54, 1.807) is 12.4 Å². The van der Waals surface area contributed by atoms with Gasteiger partial charge in [0.1, 0.15) is 12.1 Å². The molecule has 8 heteroatoms. The average molecular weight is 352 g/mol. The quantitative estimate of drug-likeness (QED) is 0.711. The Morgan fingerprint density at radius 3 is 2.81 bits per heavy atom. The lowest BCUT2D eigenvalue weighted by Gasteiger charge is -2.28. The zero-order valence-electron chi connectivity index (χ0n) is 14.3. The monoisotopic (exact) mass is 352 g/mol. The molecule has 0 saturated heterocycles. The maximum Gasteiger partial charge on any atom is 0.217 e. The van der Waals surface area contributed by atoms with Crippen molar-refractivity contribution >= 4 is 0 Å². The third-order valence-corrected chi connectivity index (χ3v) is 4.31. The second-order valence-corrected chi connectivity index (χ2v) is 6.08. The molecule has 0 aliphatic carbocycles. The number of fused-ring (bicyclic) bond motifs is 1. The van der Waals surface area contributed by atoms with Gasteiger partial charge in [0, 0.05) is 55.8 Å². The van der Waals surface area contributed by atoms with Crippen molar-refractivity contribution in [2.45, 2.75) is 19.5 Å². The van der Waals surface area contributed by atoms with Crippen LogP contribution in [0.4, 0.5) is 4.39 Å². The third kappa shape index (κ3) is 3.36. The third-order valence-electron chi connectivity index (χ3n) is 4.31. The van der Waals surface area contributed by atoms with E-state index in [2.05, 4.69) is 29.8 Å². The van der Waals surface area contributed by atoms with Gasteiger partial charge in [0.25, 0.3) is 0 Å². The lowest BCUT2D eigenvalue weighted by atomic mass is 10.1. The van der Waals surface area contributed by atoms with Crippen LogP contribution in [-0.4, -0.2) is 43.5 Å². The molecule has 4 rings (SSSR count). The molecular formula is C18H17FN6O. The molecule has 0 aromatic carbocycles. The zero-order valence-corrected chi connectivity index (χ0v) is 14.3. The summed E-state index contributed by atoms with van der Waals surface area (Å²) in [5, 5.41) is 0. The van der Waals surface area contributed by atoms with Gasteiger partial charge in [-0.05, 0) is 6.07 Å². The first-order valence-electron chi connectivity index (χ1n) is 8.24. The first kappa shape index (κ1) is 16.5. The highest BCUT2D eigenvalue weighted by atomic mass is 19.1. The van der Waals surface area contributed by atoms with Crippen molar-refractivity contribution in [2.24, 2.45) is 0 Å². The van der Waals surface area contributed by atoms with Crippen LogP contribution in [0.15, 0.2) is 37.2 Å². The van der Waals surface area contributed by atoms with E-state index in [-0.39, 0.29) is 5.82 Å². The van der Waals surface area contributed by atoms with Crippen LogP contribution in [0.3, 0.4) is 0 Å². The van der Waals surface area contributed by atoms with Gasteiger partial charge in [-0.1, -0.05) is 0 Å². The fourth-order valence-corrected chi connectivity index (χ4v) is 3.07. The minimum atomic E-state index is -0.365. The van der Waals surface area contributed by atoms with E-state index in [1.165, 1.54) is 19.5 Å². The molecule has 132 valence electrons. The first-order valence-corrected chi connectivity index (χ1v) is 8.24. The van der Waals surface area contributed by atoms with Crippen LogP contribution >= 0.6 is 0 Å². The van der Waals surface area contributed by atoms with Crippen LogP contribution < -0.4 is 4.74 Å². The smallest absolute Gasteiger partial charge is 0.217 e. The van der Waals surface area contributed by atoms with Gasteiger partial charge >= 0.3 is 0 Å². The van der Waals surface area contributed by atoms with Crippen molar-refractivity contribution in [2.75, 3.05) is 13.7 Å². The summed E-state index contributed by atoms with van der Waals surface area (Å²) in [4.78, 5) is 23.3. The molecule has 0 unspecified atom stereocenters. The Hall–Kier alpha value is -3.00. The molecule has 7 nitrogen and oxygen atoms in total. The van der Waals surface area contributed by atoms with E-state index >= 15 is 0 Å². The van der Waals surface area contributed by atoms with E-state index in [0.29, 0.717) is 24.8 Å². The standard InChI is InChI=1S/C18H17FN6O/c1-26-18-12(4-15(19)8-23-18)9-25-3-2-16-14(10-25)7-22-17(24-16)13-5-20-11-21-6-13/h4-8,11H,2-3,9-10H2,1H3. The molecule has 26 heavy (non-hydrogen) atoms. The number of methoxy groups -OCH3 is 1. The number of pyridine rings is 1. The van der Waals surface area contributed by atoms with Crippen molar-refractivity contribution in [3.63, 3.8) is 0 Å². The van der Waals surface area contributed by atoms with Crippen LogP contribution in [0, 0.1) is 5.82 Å². The van der Waals surface area contributed by atoms with Gasteiger partial charge < -0.3 is 4.74 Å². The summed E-state index contributed by atoms with van der Waals surface area (Å²) < 4.78 is 18.8.